The van der Waals surface area contributed by atoms with Gasteiger partial charge in [0.2, 0.25) is 0 Å². The molecule has 0 N–H and O–H groups in total. The Morgan fingerprint density at radius 1 is 1.19 bits per heavy atom. The first-order valence-corrected chi connectivity index (χ1v) is 7.50. The maximum absolute atomic E-state index is 12.3. The molecule has 3 aliphatic carbocycles. The number of hydrogen-bond donors (Lipinski definition) is 0. The number of hydrogen-bond acceptors (Lipinski definition) is 1. The van der Waals surface area contributed by atoms with Crippen molar-refractivity contribution in [3.8, 4) is 0 Å². The summed E-state index contributed by atoms with van der Waals surface area (Å²) >= 11 is 3.84. The van der Waals surface area contributed by atoms with E-state index in [9.17, 15) is 4.79 Å². The molecule has 0 spiro atoms. The highest BCUT2D eigenvalue weighted by Crippen LogP contribution is 2.56. The fourth-order valence-corrected chi connectivity index (χ4v) is 5.31. The van der Waals surface area contributed by atoms with Gasteiger partial charge >= 0.3 is 0 Å². The number of allylic oxidation sites excluding steroid dienone is 2. The molecule has 0 aromatic carbocycles. The summed E-state index contributed by atoms with van der Waals surface area (Å²) in [5.41, 5.74) is 1.17. The number of alkyl halides is 1. The van der Waals surface area contributed by atoms with Gasteiger partial charge in [-0.05, 0) is 55.9 Å². The van der Waals surface area contributed by atoms with Crippen molar-refractivity contribution in [2.75, 3.05) is 0 Å². The Morgan fingerprint density at radius 3 is 2.75 bits per heavy atom. The second-order valence-electron chi connectivity index (χ2n) is 5.59. The lowest BCUT2D eigenvalue weighted by Gasteiger charge is -2.42. The fourth-order valence-electron chi connectivity index (χ4n) is 4.42. The quantitative estimate of drug-likeness (QED) is 0.489. The Kier molecular flexibility index (Phi) is 2.73. The second kappa shape index (κ2) is 3.97. The highest BCUT2D eigenvalue weighted by atomic mass is 79.9. The van der Waals surface area contributed by atoms with E-state index in [1.165, 1.54) is 31.3 Å². The van der Waals surface area contributed by atoms with Gasteiger partial charge in [0.15, 0.2) is 5.78 Å². The van der Waals surface area contributed by atoms with Gasteiger partial charge in [-0.15, -0.1) is 0 Å². The lowest BCUT2D eigenvalue weighted by Crippen LogP contribution is -2.39. The highest BCUT2D eigenvalue weighted by Gasteiger charge is 2.53. The van der Waals surface area contributed by atoms with Gasteiger partial charge in [0.25, 0.3) is 0 Å². The maximum Gasteiger partial charge on any atom is 0.162 e. The molecular formula is C14H19BrO. The average molecular weight is 283 g/mol. The Morgan fingerprint density at radius 2 is 2.00 bits per heavy atom. The van der Waals surface area contributed by atoms with Crippen molar-refractivity contribution in [1.29, 1.82) is 0 Å². The summed E-state index contributed by atoms with van der Waals surface area (Å²) in [4.78, 5) is 13.0. The molecule has 0 aliphatic heterocycles. The van der Waals surface area contributed by atoms with Crippen molar-refractivity contribution in [3.63, 3.8) is 0 Å². The molecule has 0 aromatic heterocycles. The maximum atomic E-state index is 12.3. The molecule has 5 unspecified atom stereocenters. The number of Topliss-reactive ketones (excluding diaryl/α,β-unsaturated/α-hetero) is 1. The first kappa shape index (κ1) is 11.0. The zero-order valence-corrected chi connectivity index (χ0v) is 11.4. The van der Waals surface area contributed by atoms with Crippen molar-refractivity contribution in [2.45, 2.75) is 43.9 Å². The predicted octanol–water partition coefficient (Wildman–Crippen LogP) is 3.72. The van der Waals surface area contributed by atoms with Gasteiger partial charge in [-0.25, -0.2) is 0 Å². The fraction of sp³-hybridized carbons (Fsp3) is 0.786. The van der Waals surface area contributed by atoms with Crippen LogP contribution >= 0.6 is 15.9 Å². The molecule has 0 radical (unpaired) electrons. The normalized spacial score (nSPS) is 49.5. The van der Waals surface area contributed by atoms with Crippen LogP contribution in [0.5, 0.6) is 0 Å². The summed E-state index contributed by atoms with van der Waals surface area (Å²) in [6.07, 6.45) is 8.30. The smallest absolute Gasteiger partial charge is 0.162 e. The molecule has 3 saturated carbocycles. The van der Waals surface area contributed by atoms with E-state index in [2.05, 4.69) is 22.0 Å². The molecule has 2 heteroatoms. The second-order valence-corrected chi connectivity index (χ2v) is 6.76. The minimum absolute atomic E-state index is 0.371. The van der Waals surface area contributed by atoms with E-state index >= 15 is 0 Å². The summed E-state index contributed by atoms with van der Waals surface area (Å²) in [5.74, 6) is 2.89. The third-order valence-electron chi connectivity index (χ3n) is 5.03. The van der Waals surface area contributed by atoms with E-state index in [1.54, 1.807) is 0 Å². The molecule has 0 amide bonds. The third-order valence-corrected chi connectivity index (χ3v) is 6.16. The molecule has 16 heavy (non-hydrogen) atoms. The number of ketones is 1. The minimum atomic E-state index is 0.371. The van der Waals surface area contributed by atoms with Gasteiger partial charge in [-0.1, -0.05) is 28.4 Å². The summed E-state index contributed by atoms with van der Waals surface area (Å²) in [5, 5.41) is 0. The Balaban J connectivity index is 2.00. The van der Waals surface area contributed by atoms with Crippen LogP contribution in [0.3, 0.4) is 0 Å². The van der Waals surface area contributed by atoms with Gasteiger partial charge in [-0.3, -0.25) is 4.79 Å². The van der Waals surface area contributed by atoms with E-state index in [1.807, 2.05) is 6.92 Å². The number of carbonyl (C=O) groups excluding carboxylic acids is 1. The molecule has 0 aromatic rings. The molecule has 3 rings (SSSR count). The standard InChI is InChI=1S/C14H19BrO/c1-2-8-9-4-3-5-10-12(15)7-6-11(13(9)10)14(8)16/h2,9-13H,3-7H2,1H3. The van der Waals surface area contributed by atoms with E-state index in [0.717, 1.165) is 12.3 Å². The van der Waals surface area contributed by atoms with Crippen molar-refractivity contribution in [3.05, 3.63) is 11.6 Å². The summed E-state index contributed by atoms with van der Waals surface area (Å²) in [6.45, 7) is 2.04. The first-order valence-electron chi connectivity index (χ1n) is 6.58. The Bertz CT molecular complexity index is 347. The first-order chi connectivity index (χ1) is 7.74. The zero-order chi connectivity index (χ0) is 11.3. The van der Waals surface area contributed by atoms with Gasteiger partial charge in [-0.2, -0.15) is 0 Å². The number of rotatable bonds is 0. The van der Waals surface area contributed by atoms with Crippen molar-refractivity contribution in [2.24, 2.45) is 23.7 Å². The lowest BCUT2D eigenvalue weighted by molar-refractivity contribution is -0.119. The topological polar surface area (TPSA) is 17.1 Å². The van der Waals surface area contributed by atoms with Gasteiger partial charge in [0.1, 0.15) is 0 Å². The SMILES string of the molecule is CC=C1C(=O)C2CCC(Br)C3CCCC1C23. The summed E-state index contributed by atoms with van der Waals surface area (Å²) in [7, 11) is 0. The van der Waals surface area contributed by atoms with Crippen LogP contribution in [-0.2, 0) is 4.79 Å². The van der Waals surface area contributed by atoms with Crippen LogP contribution in [0.2, 0.25) is 0 Å². The van der Waals surface area contributed by atoms with Gasteiger partial charge in [0.05, 0.1) is 0 Å². The Labute approximate surface area is 106 Å². The van der Waals surface area contributed by atoms with Crippen LogP contribution in [0, 0.1) is 23.7 Å². The van der Waals surface area contributed by atoms with Crippen LogP contribution in [-0.4, -0.2) is 10.6 Å². The van der Waals surface area contributed by atoms with Crippen LogP contribution < -0.4 is 0 Å². The lowest BCUT2D eigenvalue weighted by atomic mass is 9.64. The predicted molar refractivity (Wildman–Crippen MR) is 68.5 cm³/mol. The third kappa shape index (κ3) is 1.38. The van der Waals surface area contributed by atoms with Crippen molar-refractivity contribution in [1.82, 2.24) is 0 Å². The average Bonchev–Trinajstić information content (AvgIpc) is 2.57. The molecule has 3 aliphatic rings. The Hall–Kier alpha value is -0.110. The van der Waals surface area contributed by atoms with Gasteiger partial charge < -0.3 is 0 Å². The monoisotopic (exact) mass is 282 g/mol. The molecular weight excluding hydrogens is 264 g/mol. The molecule has 88 valence electrons. The van der Waals surface area contributed by atoms with E-state index in [4.69, 9.17) is 0 Å². The largest absolute Gasteiger partial charge is 0.294 e. The molecule has 1 nitrogen and oxygen atoms in total. The van der Waals surface area contributed by atoms with Crippen LogP contribution in [0.15, 0.2) is 11.6 Å². The number of carbonyl (C=O) groups is 1. The van der Waals surface area contributed by atoms with Gasteiger partial charge in [0, 0.05) is 10.7 Å². The summed E-state index contributed by atoms with van der Waals surface area (Å²) < 4.78 is 0. The van der Waals surface area contributed by atoms with E-state index in [0.29, 0.717) is 28.4 Å². The van der Waals surface area contributed by atoms with Crippen molar-refractivity contribution < 1.29 is 4.79 Å². The molecule has 5 atom stereocenters. The molecule has 0 saturated heterocycles. The van der Waals surface area contributed by atoms with Crippen molar-refractivity contribution >= 4 is 21.7 Å². The number of halogens is 1. The van der Waals surface area contributed by atoms with E-state index < -0.39 is 0 Å². The molecule has 0 heterocycles. The van der Waals surface area contributed by atoms with Crippen LogP contribution in [0.25, 0.3) is 0 Å². The minimum Gasteiger partial charge on any atom is -0.294 e. The molecule has 3 fully saturated rings. The van der Waals surface area contributed by atoms with E-state index in [-0.39, 0.29) is 0 Å². The van der Waals surface area contributed by atoms with Crippen LogP contribution in [0.4, 0.5) is 0 Å². The zero-order valence-electron chi connectivity index (χ0n) is 9.79. The van der Waals surface area contributed by atoms with Crippen LogP contribution in [0.1, 0.15) is 39.0 Å². The highest BCUT2D eigenvalue weighted by molar-refractivity contribution is 9.09. The summed E-state index contributed by atoms with van der Waals surface area (Å²) in [6, 6.07) is 0. The molecule has 0 bridgehead atoms.